The molecule has 1 saturated carbocycles. The average molecular weight is 355 g/mol. The molecule has 130 valence electrons. The Balaban J connectivity index is 0.00000242. The van der Waals surface area contributed by atoms with Crippen LogP contribution in [0.4, 0.5) is 0 Å². The van der Waals surface area contributed by atoms with E-state index in [2.05, 4.69) is 0 Å². The zero-order chi connectivity index (χ0) is 15.7. The number of ether oxygens (including phenoxy) is 1. The fourth-order valence-corrected chi connectivity index (χ4v) is 5.78. The van der Waals surface area contributed by atoms with Crippen LogP contribution < -0.4 is 5.73 Å². The second kappa shape index (κ2) is 7.47. The largest absolute Gasteiger partial charge is 0.469 e. The number of hydrogen-bond donors (Lipinski definition) is 1. The van der Waals surface area contributed by atoms with Gasteiger partial charge >= 0.3 is 5.97 Å². The molecular formula is C14H27ClN2O4S. The topological polar surface area (TPSA) is 89.7 Å². The summed E-state index contributed by atoms with van der Waals surface area (Å²) in [6, 6.07) is 0. The van der Waals surface area contributed by atoms with E-state index in [0.29, 0.717) is 32.5 Å². The molecule has 22 heavy (non-hydrogen) atoms. The summed E-state index contributed by atoms with van der Waals surface area (Å²) in [7, 11) is -2.15. The van der Waals surface area contributed by atoms with Crippen LogP contribution in [0.2, 0.25) is 0 Å². The molecular weight excluding hydrogens is 328 g/mol. The first kappa shape index (κ1) is 19.7. The number of rotatable bonds is 4. The zero-order valence-corrected chi connectivity index (χ0v) is 14.9. The molecule has 2 fully saturated rings. The number of hydrogen-bond acceptors (Lipinski definition) is 5. The maximum absolute atomic E-state index is 12.9. The minimum atomic E-state index is -3.47. The van der Waals surface area contributed by atoms with Gasteiger partial charge in [-0.05, 0) is 31.2 Å². The van der Waals surface area contributed by atoms with Gasteiger partial charge in [0.05, 0.1) is 18.3 Å². The van der Waals surface area contributed by atoms with Crippen molar-refractivity contribution >= 4 is 28.4 Å². The van der Waals surface area contributed by atoms with Gasteiger partial charge in [0, 0.05) is 13.1 Å². The maximum Gasteiger partial charge on any atom is 0.310 e. The second-order valence-electron chi connectivity index (χ2n) is 6.60. The van der Waals surface area contributed by atoms with E-state index < -0.39 is 27.2 Å². The van der Waals surface area contributed by atoms with Crippen LogP contribution in [0.3, 0.4) is 0 Å². The Morgan fingerprint density at radius 3 is 2.55 bits per heavy atom. The minimum absolute atomic E-state index is 0. The standard InChI is InChI=1S/C14H26N2O4S.ClH/c1-14(9-15)7-8-16(10-14)21(18,19)12-6-4-3-5-11(12)13(17)20-2;/h11-12H,3-10,15H2,1-2H3;1H. The first-order valence-corrected chi connectivity index (χ1v) is 9.11. The number of nitrogens with two attached hydrogens (primary N) is 1. The molecule has 3 atom stereocenters. The molecule has 0 bridgehead atoms. The summed E-state index contributed by atoms with van der Waals surface area (Å²) in [6.45, 7) is 3.45. The highest BCUT2D eigenvalue weighted by molar-refractivity contribution is 7.89. The third kappa shape index (κ3) is 3.75. The van der Waals surface area contributed by atoms with Crippen molar-refractivity contribution in [3.8, 4) is 0 Å². The Morgan fingerprint density at radius 2 is 2.00 bits per heavy atom. The monoisotopic (exact) mass is 354 g/mol. The Hall–Kier alpha value is -0.370. The number of methoxy groups -OCH3 is 1. The molecule has 0 radical (unpaired) electrons. The van der Waals surface area contributed by atoms with Gasteiger partial charge in [0.15, 0.2) is 0 Å². The van der Waals surface area contributed by atoms with Crippen molar-refractivity contribution in [3.63, 3.8) is 0 Å². The van der Waals surface area contributed by atoms with E-state index in [-0.39, 0.29) is 17.8 Å². The zero-order valence-electron chi connectivity index (χ0n) is 13.3. The van der Waals surface area contributed by atoms with Gasteiger partial charge in [-0.15, -0.1) is 12.4 Å². The van der Waals surface area contributed by atoms with E-state index in [1.807, 2.05) is 6.92 Å². The molecule has 0 amide bonds. The minimum Gasteiger partial charge on any atom is -0.469 e. The van der Waals surface area contributed by atoms with Crippen molar-refractivity contribution in [1.29, 1.82) is 0 Å². The molecule has 0 aromatic rings. The third-order valence-corrected chi connectivity index (χ3v) is 7.33. The van der Waals surface area contributed by atoms with Crippen molar-refractivity contribution in [2.45, 2.75) is 44.3 Å². The van der Waals surface area contributed by atoms with Crippen LogP contribution in [0, 0.1) is 11.3 Å². The van der Waals surface area contributed by atoms with Crippen molar-refractivity contribution in [2.75, 3.05) is 26.7 Å². The fourth-order valence-electron chi connectivity index (χ4n) is 3.43. The molecule has 3 unspecified atom stereocenters. The van der Waals surface area contributed by atoms with Gasteiger partial charge in [-0.1, -0.05) is 19.8 Å². The Bertz CT molecular complexity index is 499. The van der Waals surface area contributed by atoms with Gasteiger partial charge in [-0.3, -0.25) is 4.79 Å². The van der Waals surface area contributed by atoms with Crippen LogP contribution in [0.5, 0.6) is 0 Å². The van der Waals surface area contributed by atoms with Crippen molar-refractivity contribution < 1.29 is 17.9 Å². The lowest BCUT2D eigenvalue weighted by molar-refractivity contribution is -0.146. The molecule has 0 spiro atoms. The van der Waals surface area contributed by atoms with E-state index in [1.54, 1.807) is 0 Å². The summed E-state index contributed by atoms with van der Waals surface area (Å²) in [5, 5.41) is -0.640. The molecule has 0 aromatic heterocycles. The molecule has 1 aliphatic heterocycles. The average Bonchev–Trinajstić information content (AvgIpc) is 2.90. The molecule has 2 aliphatic rings. The van der Waals surface area contributed by atoms with Gasteiger partial charge in [0.2, 0.25) is 10.0 Å². The van der Waals surface area contributed by atoms with Gasteiger partial charge < -0.3 is 10.5 Å². The molecule has 1 aliphatic carbocycles. The van der Waals surface area contributed by atoms with Crippen molar-refractivity contribution in [1.82, 2.24) is 4.31 Å². The maximum atomic E-state index is 12.9. The van der Waals surface area contributed by atoms with Gasteiger partial charge in [0.1, 0.15) is 0 Å². The van der Waals surface area contributed by atoms with E-state index >= 15 is 0 Å². The van der Waals surface area contributed by atoms with E-state index in [4.69, 9.17) is 10.5 Å². The van der Waals surface area contributed by atoms with Crippen LogP contribution in [0.1, 0.15) is 39.0 Å². The van der Waals surface area contributed by atoms with Crippen LogP contribution in [-0.2, 0) is 19.6 Å². The number of sulfonamides is 1. The quantitative estimate of drug-likeness (QED) is 0.764. The smallest absolute Gasteiger partial charge is 0.310 e. The molecule has 2 N–H and O–H groups in total. The van der Waals surface area contributed by atoms with Gasteiger partial charge in [0.25, 0.3) is 0 Å². The van der Waals surface area contributed by atoms with Crippen LogP contribution >= 0.6 is 12.4 Å². The van der Waals surface area contributed by atoms with E-state index in [1.165, 1.54) is 11.4 Å². The second-order valence-corrected chi connectivity index (χ2v) is 8.75. The summed E-state index contributed by atoms with van der Waals surface area (Å²) in [4.78, 5) is 11.9. The van der Waals surface area contributed by atoms with E-state index in [0.717, 1.165) is 19.3 Å². The molecule has 0 aromatic carbocycles. The van der Waals surface area contributed by atoms with Crippen molar-refractivity contribution in [2.24, 2.45) is 17.1 Å². The lowest BCUT2D eigenvalue weighted by Crippen LogP contribution is -2.46. The van der Waals surface area contributed by atoms with Gasteiger partial charge in [-0.2, -0.15) is 0 Å². The fraction of sp³-hybridized carbons (Fsp3) is 0.929. The first-order valence-electron chi connectivity index (χ1n) is 7.61. The van der Waals surface area contributed by atoms with Crippen molar-refractivity contribution in [3.05, 3.63) is 0 Å². The number of esters is 1. The van der Waals surface area contributed by atoms with Crippen LogP contribution in [0.25, 0.3) is 0 Å². The SMILES string of the molecule is COC(=O)C1CCCCC1S(=O)(=O)N1CCC(C)(CN)C1.Cl. The predicted molar refractivity (Wildman–Crippen MR) is 87.3 cm³/mol. The Kier molecular flexibility index (Phi) is 6.68. The molecule has 6 nitrogen and oxygen atoms in total. The predicted octanol–water partition coefficient (Wildman–Crippen LogP) is 1.14. The van der Waals surface area contributed by atoms with Crippen LogP contribution in [-0.4, -0.2) is 50.7 Å². The highest BCUT2D eigenvalue weighted by Crippen LogP contribution is 2.37. The van der Waals surface area contributed by atoms with Gasteiger partial charge in [-0.25, -0.2) is 12.7 Å². The summed E-state index contributed by atoms with van der Waals surface area (Å²) in [5.41, 5.74) is 5.60. The molecule has 2 rings (SSSR count). The summed E-state index contributed by atoms with van der Waals surface area (Å²) >= 11 is 0. The highest BCUT2D eigenvalue weighted by atomic mass is 35.5. The molecule has 1 saturated heterocycles. The third-order valence-electron chi connectivity index (χ3n) is 4.96. The lowest BCUT2D eigenvalue weighted by Gasteiger charge is -2.32. The normalized spacial score (nSPS) is 33.2. The van der Waals surface area contributed by atoms with E-state index in [9.17, 15) is 13.2 Å². The number of nitrogens with zero attached hydrogens (tertiary/aromatic N) is 1. The Labute approximate surface area is 139 Å². The summed E-state index contributed by atoms with van der Waals surface area (Å²) in [6.07, 6.45) is 3.64. The van der Waals surface area contributed by atoms with Crippen LogP contribution in [0.15, 0.2) is 0 Å². The summed E-state index contributed by atoms with van der Waals surface area (Å²) in [5.74, 6) is -0.928. The molecule has 8 heteroatoms. The lowest BCUT2D eigenvalue weighted by atomic mass is 9.89. The highest BCUT2D eigenvalue weighted by Gasteiger charge is 2.46. The number of carbonyl (C=O) groups excluding carboxylic acids is 1. The number of halogens is 1. The Morgan fingerprint density at radius 1 is 1.36 bits per heavy atom. The number of carbonyl (C=O) groups is 1. The summed E-state index contributed by atoms with van der Waals surface area (Å²) < 4.78 is 32.1. The molecule has 1 heterocycles. The first-order chi connectivity index (χ1) is 9.84.